The molecule has 9 nitrogen and oxygen atoms in total. The minimum atomic E-state index is -0.657. The first-order valence-corrected chi connectivity index (χ1v) is 12.8. The predicted octanol–water partition coefficient (Wildman–Crippen LogP) is 5.56. The van der Waals surface area contributed by atoms with E-state index < -0.39 is 17.2 Å². The van der Waals surface area contributed by atoms with Crippen molar-refractivity contribution in [1.29, 1.82) is 0 Å². The van der Waals surface area contributed by atoms with Gasteiger partial charge in [0.05, 0.1) is 17.4 Å². The van der Waals surface area contributed by atoms with Gasteiger partial charge in [-0.2, -0.15) is 5.10 Å². The number of halogens is 2. The summed E-state index contributed by atoms with van der Waals surface area (Å²) >= 11 is 0. The van der Waals surface area contributed by atoms with Crippen molar-refractivity contribution >= 4 is 28.0 Å². The minimum absolute atomic E-state index is 0.0696. The van der Waals surface area contributed by atoms with Gasteiger partial charge < -0.3 is 19.1 Å². The molecule has 5 rings (SSSR count). The molecule has 0 radical (unpaired) electrons. The molecular weight excluding hydrogens is 508 g/mol. The van der Waals surface area contributed by atoms with Crippen molar-refractivity contribution in [2.75, 3.05) is 27.0 Å². The number of aromatic nitrogens is 4. The van der Waals surface area contributed by atoms with Crippen LogP contribution in [0.25, 0.3) is 33.2 Å². The Hall–Kier alpha value is -3.86. The summed E-state index contributed by atoms with van der Waals surface area (Å²) < 4.78 is 48.2. The topological polar surface area (TPSA) is 91.6 Å². The highest BCUT2D eigenvalue weighted by atomic mass is 19.1. The number of nitrogens with zero attached hydrogens (tertiary/aromatic N) is 5. The van der Waals surface area contributed by atoms with Gasteiger partial charge in [0.15, 0.2) is 24.2 Å². The van der Waals surface area contributed by atoms with Gasteiger partial charge in [-0.25, -0.2) is 18.6 Å². The summed E-state index contributed by atoms with van der Waals surface area (Å²) in [6.07, 6.45) is 4.18. The number of hydrogen-bond acceptors (Lipinski definition) is 7. The molecule has 206 valence electrons. The lowest BCUT2D eigenvalue weighted by molar-refractivity contribution is 0.0204. The number of methoxy groups -OCH3 is 1. The Morgan fingerprint density at radius 3 is 2.56 bits per heavy atom. The van der Waals surface area contributed by atoms with Crippen LogP contribution in [-0.4, -0.2) is 63.3 Å². The molecule has 0 spiro atoms. The number of likely N-dealkylation sites (tertiary alicyclic amines) is 1. The van der Waals surface area contributed by atoms with Crippen LogP contribution in [0.2, 0.25) is 0 Å². The second-order valence-electron chi connectivity index (χ2n) is 10.7. The first kappa shape index (κ1) is 26.7. The fourth-order valence-corrected chi connectivity index (χ4v) is 4.86. The fraction of sp³-hybridized carbons (Fsp3) is 0.429. The zero-order chi connectivity index (χ0) is 27.9. The van der Waals surface area contributed by atoms with Crippen LogP contribution in [0.15, 0.2) is 30.6 Å². The molecule has 2 aromatic carbocycles. The summed E-state index contributed by atoms with van der Waals surface area (Å²) in [6, 6.07) is 5.00. The number of piperidine rings is 1. The molecule has 1 aliphatic rings. The van der Waals surface area contributed by atoms with Gasteiger partial charge in [-0.3, -0.25) is 9.67 Å². The monoisotopic (exact) mass is 539 g/mol. The molecule has 11 heteroatoms. The summed E-state index contributed by atoms with van der Waals surface area (Å²) in [5.41, 5.74) is 1.44. The maximum atomic E-state index is 15.4. The molecule has 0 atom stereocenters. The van der Waals surface area contributed by atoms with Crippen LogP contribution < -0.4 is 4.74 Å². The van der Waals surface area contributed by atoms with Crippen LogP contribution in [-0.2, 0) is 16.5 Å². The average Bonchev–Trinajstić information content (AvgIpc) is 3.27. The van der Waals surface area contributed by atoms with Crippen LogP contribution in [0.3, 0.4) is 0 Å². The van der Waals surface area contributed by atoms with E-state index in [9.17, 15) is 4.79 Å². The van der Waals surface area contributed by atoms with Crippen molar-refractivity contribution in [3.8, 4) is 17.0 Å². The van der Waals surface area contributed by atoms with Gasteiger partial charge in [-0.05, 0) is 63.3 Å². The van der Waals surface area contributed by atoms with Gasteiger partial charge in [-0.15, -0.1) is 0 Å². The molecule has 1 saturated heterocycles. The number of carbonyl (C=O) groups is 1. The van der Waals surface area contributed by atoms with E-state index in [0.29, 0.717) is 42.4 Å². The Morgan fingerprint density at radius 1 is 1.13 bits per heavy atom. The van der Waals surface area contributed by atoms with Crippen LogP contribution in [0.1, 0.15) is 45.1 Å². The maximum absolute atomic E-state index is 15.4. The lowest BCUT2D eigenvalue weighted by atomic mass is 9.89. The maximum Gasteiger partial charge on any atom is 0.410 e. The van der Waals surface area contributed by atoms with Crippen molar-refractivity contribution < 1.29 is 27.8 Å². The second-order valence-corrected chi connectivity index (χ2v) is 10.7. The van der Waals surface area contributed by atoms with E-state index in [-0.39, 0.29) is 41.3 Å². The molecule has 3 heterocycles. The van der Waals surface area contributed by atoms with Gasteiger partial charge in [0.25, 0.3) is 0 Å². The first-order chi connectivity index (χ1) is 18.5. The van der Waals surface area contributed by atoms with Crippen molar-refractivity contribution in [3.63, 3.8) is 0 Å². The van der Waals surface area contributed by atoms with Gasteiger partial charge in [0.1, 0.15) is 16.6 Å². The second kappa shape index (κ2) is 10.4. The lowest BCUT2D eigenvalue weighted by Crippen LogP contribution is -2.41. The SMILES string of the molecule is COCOc1c(-c2cnc3cc(C4CCN(C(=O)OC(C)(C)C)CC4)cc(F)c3n2)cc2cn(C)nc2c1F. The average molecular weight is 540 g/mol. The van der Waals surface area contributed by atoms with E-state index in [0.717, 1.165) is 5.56 Å². The van der Waals surface area contributed by atoms with Crippen LogP contribution in [0.5, 0.6) is 5.75 Å². The highest BCUT2D eigenvalue weighted by Crippen LogP contribution is 2.37. The fourth-order valence-electron chi connectivity index (χ4n) is 4.86. The van der Waals surface area contributed by atoms with E-state index in [1.165, 1.54) is 24.1 Å². The highest BCUT2D eigenvalue weighted by molar-refractivity contribution is 5.89. The minimum Gasteiger partial charge on any atom is -0.464 e. The third-order valence-electron chi connectivity index (χ3n) is 6.65. The zero-order valence-corrected chi connectivity index (χ0v) is 22.6. The predicted molar refractivity (Wildman–Crippen MR) is 141 cm³/mol. The summed E-state index contributed by atoms with van der Waals surface area (Å²) in [5.74, 6) is -1.20. The molecule has 39 heavy (non-hydrogen) atoms. The molecule has 1 fully saturated rings. The highest BCUT2D eigenvalue weighted by Gasteiger charge is 2.28. The Bertz CT molecular complexity index is 1540. The number of ether oxygens (including phenoxy) is 3. The molecule has 1 amide bonds. The Kier molecular flexibility index (Phi) is 7.11. The number of benzene rings is 2. The molecular formula is C28H31F2N5O4. The first-order valence-electron chi connectivity index (χ1n) is 12.8. The third kappa shape index (κ3) is 5.49. The van der Waals surface area contributed by atoms with Crippen LogP contribution in [0.4, 0.5) is 13.6 Å². The Labute approximate surface area is 224 Å². The zero-order valence-electron chi connectivity index (χ0n) is 22.6. The molecule has 0 unspecified atom stereocenters. The van der Waals surface area contributed by atoms with Crippen LogP contribution in [0, 0.1) is 11.6 Å². The lowest BCUT2D eigenvalue weighted by Gasteiger charge is -2.33. The van der Waals surface area contributed by atoms with Crippen molar-refractivity contribution in [3.05, 3.63) is 47.8 Å². The molecule has 2 aromatic heterocycles. The van der Waals surface area contributed by atoms with Gasteiger partial charge in [-0.1, -0.05) is 0 Å². The summed E-state index contributed by atoms with van der Waals surface area (Å²) in [4.78, 5) is 23.1. The normalized spacial score (nSPS) is 14.8. The molecule has 0 bridgehead atoms. The number of hydrogen-bond donors (Lipinski definition) is 0. The largest absolute Gasteiger partial charge is 0.464 e. The standard InChI is InChI=1S/C28H31F2N5O4/c1-28(2,3)39-27(36)35-8-6-16(7-9-35)17-11-20(29)25-21(12-17)31-13-22(32-25)19-10-18-14-34(4)33-24(18)23(30)26(19)38-15-37-5/h10-14,16H,6-9,15H2,1-5H3. The van der Waals surface area contributed by atoms with Gasteiger partial charge >= 0.3 is 6.09 Å². The van der Waals surface area contributed by atoms with Crippen LogP contribution >= 0.6 is 0 Å². The Morgan fingerprint density at radius 2 is 1.87 bits per heavy atom. The van der Waals surface area contributed by atoms with Crippen molar-refractivity contribution in [2.45, 2.75) is 45.1 Å². The van der Waals surface area contributed by atoms with Crippen molar-refractivity contribution in [1.82, 2.24) is 24.6 Å². The van der Waals surface area contributed by atoms with Crippen molar-refractivity contribution in [2.24, 2.45) is 7.05 Å². The molecule has 1 aliphatic heterocycles. The van der Waals surface area contributed by atoms with E-state index in [2.05, 4.69) is 15.1 Å². The summed E-state index contributed by atoms with van der Waals surface area (Å²) in [6.45, 7) is 6.37. The summed E-state index contributed by atoms with van der Waals surface area (Å²) in [7, 11) is 3.13. The Balaban J connectivity index is 1.44. The van der Waals surface area contributed by atoms with E-state index in [1.807, 2.05) is 26.8 Å². The third-order valence-corrected chi connectivity index (χ3v) is 6.65. The molecule has 0 aliphatic carbocycles. The van der Waals surface area contributed by atoms with E-state index in [4.69, 9.17) is 14.2 Å². The number of amides is 1. The number of fused-ring (bicyclic) bond motifs is 2. The quantitative estimate of drug-likeness (QED) is 0.307. The van der Waals surface area contributed by atoms with E-state index >= 15 is 8.78 Å². The number of aryl methyl sites for hydroxylation is 1. The number of carbonyl (C=O) groups excluding carboxylic acids is 1. The van der Waals surface area contributed by atoms with E-state index in [1.54, 1.807) is 24.2 Å². The molecule has 0 N–H and O–H groups in total. The molecule has 0 saturated carbocycles. The van der Waals surface area contributed by atoms with Gasteiger partial charge in [0.2, 0.25) is 0 Å². The molecule has 4 aromatic rings. The van der Waals surface area contributed by atoms with Gasteiger partial charge in [0, 0.05) is 44.4 Å². The number of rotatable bonds is 5. The summed E-state index contributed by atoms with van der Waals surface area (Å²) in [5, 5.41) is 4.71. The smallest absolute Gasteiger partial charge is 0.410 e.